The number of nitrogens with one attached hydrogen (secondary N) is 1. The molecule has 0 bridgehead atoms. The molecule has 4 nitrogen and oxygen atoms in total. The summed E-state index contributed by atoms with van der Waals surface area (Å²) in [6, 6.07) is 14.4. The van der Waals surface area contributed by atoms with Crippen LogP contribution < -0.4 is 4.74 Å². The second-order valence-corrected chi connectivity index (χ2v) is 7.30. The Morgan fingerprint density at radius 3 is 2.82 bits per heavy atom. The fourth-order valence-electron chi connectivity index (χ4n) is 4.15. The molecular weight excluding hydrogens is 350 g/mol. The van der Waals surface area contributed by atoms with E-state index in [1.807, 2.05) is 25.1 Å². The van der Waals surface area contributed by atoms with E-state index < -0.39 is 0 Å². The summed E-state index contributed by atoms with van der Waals surface area (Å²) in [7, 11) is 0. The molecule has 1 N–H and O–H groups in total. The first-order valence-electron chi connectivity index (χ1n) is 10.3. The lowest BCUT2D eigenvalue weighted by molar-refractivity contribution is 0.0519. The molecule has 0 radical (unpaired) electrons. The molecule has 0 unspecified atom stereocenters. The molecule has 1 aromatic heterocycles. The Kier molecular flexibility index (Phi) is 5.65. The first-order chi connectivity index (χ1) is 13.8. The van der Waals surface area contributed by atoms with E-state index in [-0.39, 0.29) is 5.97 Å². The maximum absolute atomic E-state index is 12.4. The Labute approximate surface area is 165 Å². The number of benzene rings is 2. The number of aromatic nitrogens is 1. The van der Waals surface area contributed by atoms with Gasteiger partial charge in [0.25, 0.3) is 0 Å². The van der Waals surface area contributed by atoms with Gasteiger partial charge >= 0.3 is 5.97 Å². The van der Waals surface area contributed by atoms with Gasteiger partial charge in [0.05, 0.1) is 13.2 Å². The summed E-state index contributed by atoms with van der Waals surface area (Å²) >= 11 is 0. The predicted octanol–water partition coefficient (Wildman–Crippen LogP) is 5.24. The molecule has 0 aliphatic heterocycles. The normalized spacial score (nSPS) is 13.3. The number of aromatic amines is 1. The van der Waals surface area contributed by atoms with Crippen molar-refractivity contribution < 1.29 is 14.3 Å². The van der Waals surface area contributed by atoms with E-state index in [0.717, 1.165) is 47.9 Å². The molecule has 1 aliphatic carbocycles. The molecule has 0 saturated carbocycles. The van der Waals surface area contributed by atoms with Gasteiger partial charge in [-0.05, 0) is 74.3 Å². The van der Waals surface area contributed by atoms with Crippen molar-refractivity contribution in [1.29, 1.82) is 0 Å². The largest absolute Gasteiger partial charge is 0.493 e. The van der Waals surface area contributed by atoms with Crippen LogP contribution in [-0.4, -0.2) is 24.2 Å². The predicted molar refractivity (Wildman–Crippen MR) is 111 cm³/mol. The first-order valence-corrected chi connectivity index (χ1v) is 10.3. The molecule has 4 heteroatoms. The number of hydrogen-bond acceptors (Lipinski definition) is 3. The van der Waals surface area contributed by atoms with Crippen molar-refractivity contribution in [2.24, 2.45) is 0 Å². The number of H-pyrrole nitrogens is 1. The highest BCUT2D eigenvalue weighted by Gasteiger charge is 2.18. The highest BCUT2D eigenvalue weighted by molar-refractivity contribution is 5.98. The van der Waals surface area contributed by atoms with Crippen LogP contribution in [0.3, 0.4) is 0 Å². The molecular formula is C24H27NO3. The summed E-state index contributed by atoms with van der Waals surface area (Å²) in [5.41, 5.74) is 5.38. The monoisotopic (exact) mass is 377 g/mol. The third-order valence-electron chi connectivity index (χ3n) is 5.47. The van der Waals surface area contributed by atoms with Crippen LogP contribution in [0.15, 0.2) is 42.5 Å². The van der Waals surface area contributed by atoms with Gasteiger partial charge in [0.15, 0.2) is 0 Å². The second-order valence-electron chi connectivity index (χ2n) is 7.30. The van der Waals surface area contributed by atoms with Gasteiger partial charge in [-0.1, -0.05) is 30.3 Å². The van der Waals surface area contributed by atoms with E-state index in [0.29, 0.717) is 18.9 Å². The van der Waals surface area contributed by atoms with E-state index in [1.165, 1.54) is 24.0 Å². The molecule has 0 amide bonds. The minimum absolute atomic E-state index is 0.285. The summed E-state index contributed by atoms with van der Waals surface area (Å²) in [6.07, 6.45) is 6.40. The molecule has 0 fully saturated rings. The molecule has 2 aromatic carbocycles. The lowest BCUT2D eigenvalue weighted by atomic mass is 9.91. The maximum Gasteiger partial charge on any atom is 0.355 e. The molecule has 146 valence electrons. The maximum atomic E-state index is 12.4. The van der Waals surface area contributed by atoms with Crippen molar-refractivity contribution in [1.82, 2.24) is 4.98 Å². The van der Waals surface area contributed by atoms with Crippen molar-refractivity contribution in [3.05, 3.63) is 64.8 Å². The molecule has 28 heavy (non-hydrogen) atoms. The van der Waals surface area contributed by atoms with Crippen molar-refractivity contribution in [2.75, 3.05) is 13.2 Å². The van der Waals surface area contributed by atoms with Gasteiger partial charge in [0.2, 0.25) is 0 Å². The Morgan fingerprint density at radius 1 is 1.07 bits per heavy atom. The van der Waals surface area contributed by atoms with Crippen molar-refractivity contribution >= 4 is 16.9 Å². The number of carbonyl (C=O) groups is 1. The summed E-state index contributed by atoms with van der Waals surface area (Å²) < 4.78 is 11.4. The minimum Gasteiger partial charge on any atom is -0.493 e. The lowest BCUT2D eigenvalue weighted by Gasteiger charge is -2.19. The zero-order valence-corrected chi connectivity index (χ0v) is 16.4. The van der Waals surface area contributed by atoms with E-state index in [4.69, 9.17) is 9.47 Å². The second kappa shape index (κ2) is 8.51. The van der Waals surface area contributed by atoms with E-state index in [2.05, 4.69) is 29.2 Å². The first kappa shape index (κ1) is 18.6. The number of rotatable bonds is 7. The standard InChI is InChI=1S/C24H27NO3/c1-2-27-24(26)23-20(19-12-5-6-14-21(19)25-23)13-8-16-28-22-15-7-10-17-9-3-4-11-18(17)22/h5-7,10,12,14-15,25H,2-4,8-9,11,13,16H2,1H3. The zero-order valence-electron chi connectivity index (χ0n) is 16.4. The van der Waals surface area contributed by atoms with Crippen LogP contribution >= 0.6 is 0 Å². The highest BCUT2D eigenvalue weighted by Crippen LogP contribution is 2.30. The summed E-state index contributed by atoms with van der Waals surface area (Å²) in [5.74, 6) is 0.744. The van der Waals surface area contributed by atoms with Gasteiger partial charge < -0.3 is 14.5 Å². The fraction of sp³-hybridized carbons (Fsp3) is 0.375. The minimum atomic E-state index is -0.285. The van der Waals surface area contributed by atoms with Crippen molar-refractivity contribution in [3.8, 4) is 5.75 Å². The van der Waals surface area contributed by atoms with Crippen LogP contribution in [0.4, 0.5) is 0 Å². The summed E-state index contributed by atoms with van der Waals surface area (Å²) in [6.45, 7) is 2.84. The van der Waals surface area contributed by atoms with Gasteiger partial charge in [0, 0.05) is 10.9 Å². The number of carbonyl (C=O) groups excluding carboxylic acids is 1. The number of fused-ring (bicyclic) bond motifs is 2. The molecule has 0 spiro atoms. The van der Waals surface area contributed by atoms with E-state index in [9.17, 15) is 4.79 Å². The molecule has 0 atom stereocenters. The smallest absolute Gasteiger partial charge is 0.355 e. The van der Waals surface area contributed by atoms with Gasteiger partial charge in [-0.2, -0.15) is 0 Å². The quantitative estimate of drug-likeness (QED) is 0.453. The Bertz CT molecular complexity index is 973. The molecule has 0 saturated heterocycles. The summed E-state index contributed by atoms with van der Waals surface area (Å²) in [5, 5.41) is 1.09. The number of ether oxygens (including phenoxy) is 2. The molecule has 4 rings (SSSR count). The third-order valence-corrected chi connectivity index (χ3v) is 5.47. The van der Waals surface area contributed by atoms with Gasteiger partial charge in [-0.3, -0.25) is 0 Å². The average Bonchev–Trinajstić information content (AvgIpc) is 3.10. The number of aryl methyl sites for hydroxylation is 2. The van der Waals surface area contributed by atoms with Crippen LogP contribution in [0.25, 0.3) is 10.9 Å². The number of para-hydroxylation sites is 1. The topological polar surface area (TPSA) is 51.3 Å². The Balaban J connectivity index is 1.46. The fourth-order valence-corrected chi connectivity index (χ4v) is 4.15. The number of hydrogen-bond donors (Lipinski definition) is 1. The Hall–Kier alpha value is -2.75. The molecule has 1 heterocycles. The van der Waals surface area contributed by atoms with Crippen molar-refractivity contribution in [2.45, 2.75) is 45.4 Å². The van der Waals surface area contributed by atoms with Crippen LogP contribution in [-0.2, 0) is 24.0 Å². The lowest BCUT2D eigenvalue weighted by Crippen LogP contribution is -2.10. The van der Waals surface area contributed by atoms with Crippen molar-refractivity contribution in [3.63, 3.8) is 0 Å². The highest BCUT2D eigenvalue weighted by atomic mass is 16.5. The summed E-state index contributed by atoms with van der Waals surface area (Å²) in [4.78, 5) is 15.6. The van der Waals surface area contributed by atoms with Gasteiger partial charge in [0.1, 0.15) is 11.4 Å². The average molecular weight is 377 g/mol. The zero-order chi connectivity index (χ0) is 19.3. The number of esters is 1. The van der Waals surface area contributed by atoms with E-state index in [1.54, 1.807) is 0 Å². The van der Waals surface area contributed by atoms with Crippen LogP contribution in [0.1, 0.15) is 53.4 Å². The molecule has 1 aliphatic rings. The van der Waals surface area contributed by atoms with Crippen LogP contribution in [0, 0.1) is 0 Å². The Morgan fingerprint density at radius 2 is 1.93 bits per heavy atom. The molecule has 3 aromatic rings. The third kappa shape index (κ3) is 3.77. The van der Waals surface area contributed by atoms with Gasteiger partial charge in [-0.15, -0.1) is 0 Å². The van der Waals surface area contributed by atoms with Gasteiger partial charge in [-0.25, -0.2) is 4.79 Å². The van der Waals surface area contributed by atoms with Crippen LogP contribution in [0.5, 0.6) is 5.75 Å². The van der Waals surface area contributed by atoms with Crippen LogP contribution in [0.2, 0.25) is 0 Å². The van der Waals surface area contributed by atoms with E-state index >= 15 is 0 Å². The SMILES string of the molecule is CCOC(=O)c1[nH]c2ccccc2c1CCCOc1cccc2c1CCCC2.